The first-order valence-corrected chi connectivity index (χ1v) is 9.76. The topological polar surface area (TPSA) is 57.9 Å². The number of aromatic nitrogens is 1. The van der Waals surface area contributed by atoms with Crippen molar-refractivity contribution in [1.82, 2.24) is 14.4 Å². The summed E-state index contributed by atoms with van der Waals surface area (Å²) in [5.74, 6) is 0.757. The molecule has 1 aromatic heterocycles. The van der Waals surface area contributed by atoms with Gasteiger partial charge in [0.2, 0.25) is 0 Å². The molecule has 0 unspecified atom stereocenters. The van der Waals surface area contributed by atoms with E-state index in [0.29, 0.717) is 12.3 Å². The fourth-order valence-corrected chi connectivity index (χ4v) is 3.98. The minimum absolute atomic E-state index is 0.0666. The molecule has 1 saturated heterocycles. The van der Waals surface area contributed by atoms with Gasteiger partial charge in [-0.1, -0.05) is 0 Å². The quantitative estimate of drug-likeness (QED) is 0.754. The maximum atomic E-state index is 12.1. The molecule has 27 heavy (non-hydrogen) atoms. The number of ketones is 1. The van der Waals surface area contributed by atoms with Crippen LogP contribution >= 0.6 is 0 Å². The number of ether oxygens (including phenoxy) is 1. The van der Waals surface area contributed by atoms with Crippen LogP contribution in [0.4, 0.5) is 0 Å². The Labute approximate surface area is 161 Å². The molecule has 0 spiro atoms. The largest absolute Gasteiger partial charge is 0.491 e. The molecular weight excluding hydrogens is 342 g/mol. The summed E-state index contributed by atoms with van der Waals surface area (Å²) in [6.45, 7) is 11.4. The van der Waals surface area contributed by atoms with Crippen molar-refractivity contribution in [1.29, 1.82) is 0 Å². The molecule has 1 aromatic carbocycles. The predicted octanol–water partition coefficient (Wildman–Crippen LogP) is 2.16. The summed E-state index contributed by atoms with van der Waals surface area (Å²) in [7, 11) is 2.12. The highest BCUT2D eigenvalue weighted by molar-refractivity contribution is 6.08. The molecule has 0 radical (unpaired) electrons. The molecule has 1 aliphatic rings. The number of carbonyl (C=O) groups excluding carboxylic acids is 1. The number of aliphatic hydroxyl groups excluding tert-OH is 1. The molecule has 0 saturated carbocycles. The Hall–Kier alpha value is -1.89. The van der Waals surface area contributed by atoms with Crippen molar-refractivity contribution in [3.63, 3.8) is 0 Å². The Morgan fingerprint density at radius 2 is 1.96 bits per heavy atom. The van der Waals surface area contributed by atoms with Crippen LogP contribution in [0.3, 0.4) is 0 Å². The van der Waals surface area contributed by atoms with Crippen molar-refractivity contribution in [2.24, 2.45) is 0 Å². The van der Waals surface area contributed by atoms with E-state index in [1.165, 1.54) is 0 Å². The molecule has 0 aliphatic carbocycles. The highest BCUT2D eigenvalue weighted by atomic mass is 16.5. The highest BCUT2D eigenvalue weighted by Crippen LogP contribution is 2.30. The van der Waals surface area contributed by atoms with E-state index >= 15 is 0 Å². The van der Waals surface area contributed by atoms with Crippen LogP contribution in [0.15, 0.2) is 18.2 Å². The van der Waals surface area contributed by atoms with Gasteiger partial charge in [-0.15, -0.1) is 0 Å². The van der Waals surface area contributed by atoms with Crippen molar-refractivity contribution < 1.29 is 14.6 Å². The number of aryl methyl sites for hydroxylation is 1. The normalized spacial score (nSPS) is 17.4. The van der Waals surface area contributed by atoms with E-state index < -0.39 is 6.10 Å². The van der Waals surface area contributed by atoms with Crippen LogP contribution in [0, 0.1) is 6.92 Å². The van der Waals surface area contributed by atoms with Crippen LogP contribution in [0.5, 0.6) is 5.75 Å². The molecule has 0 amide bonds. The lowest BCUT2D eigenvalue weighted by Crippen LogP contribution is -2.47. The lowest BCUT2D eigenvalue weighted by atomic mass is 10.1. The van der Waals surface area contributed by atoms with E-state index in [4.69, 9.17) is 4.74 Å². The molecule has 1 fully saturated rings. The second kappa shape index (κ2) is 8.42. The van der Waals surface area contributed by atoms with Crippen molar-refractivity contribution in [3.05, 3.63) is 29.5 Å². The van der Waals surface area contributed by atoms with Gasteiger partial charge in [0, 0.05) is 61.4 Å². The van der Waals surface area contributed by atoms with E-state index in [2.05, 4.69) is 28.3 Å². The minimum atomic E-state index is -0.529. The first-order valence-electron chi connectivity index (χ1n) is 9.76. The number of Topliss-reactive ketones (excluding diaryl/α,β-unsaturated/α-hetero) is 1. The third kappa shape index (κ3) is 4.34. The number of likely N-dealkylation sites (N-methyl/N-ethyl adjacent to an activating group) is 1. The van der Waals surface area contributed by atoms with Crippen LogP contribution < -0.4 is 4.74 Å². The summed E-state index contributed by atoms with van der Waals surface area (Å²) in [6.07, 6.45) is -0.529. The Morgan fingerprint density at radius 3 is 2.59 bits per heavy atom. The Morgan fingerprint density at radius 1 is 1.26 bits per heavy atom. The van der Waals surface area contributed by atoms with Crippen molar-refractivity contribution >= 4 is 16.7 Å². The SMILES string of the molecule is CCn1c(C)c(C(C)=O)c2cc(OC[C@@H](O)CN3CCN(C)CC3)ccc21. The number of β-amino-alcohol motifs (C(OH)–C–C–N with tert-alkyl or cyclic N) is 1. The van der Waals surface area contributed by atoms with E-state index in [1.807, 2.05) is 25.1 Å². The number of hydrogen-bond acceptors (Lipinski definition) is 5. The zero-order valence-corrected chi connectivity index (χ0v) is 16.9. The van der Waals surface area contributed by atoms with Gasteiger partial charge in [0.15, 0.2) is 5.78 Å². The van der Waals surface area contributed by atoms with E-state index in [9.17, 15) is 9.90 Å². The predicted molar refractivity (Wildman–Crippen MR) is 108 cm³/mol. The summed E-state index contributed by atoms with van der Waals surface area (Å²) in [5, 5.41) is 11.3. The van der Waals surface area contributed by atoms with Crippen LogP contribution in [-0.4, -0.2) is 77.7 Å². The molecule has 3 rings (SSSR count). The lowest BCUT2D eigenvalue weighted by Gasteiger charge is -2.33. The van der Waals surface area contributed by atoms with Crippen molar-refractivity contribution in [3.8, 4) is 5.75 Å². The lowest BCUT2D eigenvalue weighted by molar-refractivity contribution is 0.0505. The monoisotopic (exact) mass is 373 g/mol. The molecule has 2 heterocycles. The molecule has 1 N–H and O–H groups in total. The number of benzene rings is 1. The number of piperazine rings is 1. The first kappa shape index (κ1) is 19.9. The highest BCUT2D eigenvalue weighted by Gasteiger charge is 2.19. The van der Waals surface area contributed by atoms with Crippen LogP contribution in [-0.2, 0) is 6.54 Å². The standard InChI is InChI=1S/C21H31N3O3/c1-5-24-15(2)21(16(3)25)19-12-18(6-7-20(19)24)27-14-17(26)13-23-10-8-22(4)9-11-23/h6-7,12,17,26H,5,8-11,13-14H2,1-4H3/t17-/m0/s1. The average Bonchev–Trinajstić information content (AvgIpc) is 2.92. The number of hydrogen-bond donors (Lipinski definition) is 1. The number of aliphatic hydroxyl groups is 1. The summed E-state index contributed by atoms with van der Waals surface area (Å²) in [6, 6.07) is 5.84. The van der Waals surface area contributed by atoms with Gasteiger partial charge in [0.1, 0.15) is 18.5 Å². The van der Waals surface area contributed by atoms with Crippen molar-refractivity contribution in [2.45, 2.75) is 33.4 Å². The van der Waals surface area contributed by atoms with Gasteiger partial charge < -0.3 is 19.3 Å². The summed E-state index contributed by atoms with van der Waals surface area (Å²) in [4.78, 5) is 16.7. The molecule has 1 aliphatic heterocycles. The molecule has 2 aromatic rings. The third-order valence-electron chi connectivity index (χ3n) is 5.47. The van der Waals surface area contributed by atoms with Gasteiger partial charge in [0.05, 0.1) is 0 Å². The van der Waals surface area contributed by atoms with E-state index in [-0.39, 0.29) is 12.4 Å². The molecule has 6 heteroatoms. The van der Waals surface area contributed by atoms with Gasteiger partial charge in [-0.05, 0) is 46.0 Å². The van der Waals surface area contributed by atoms with Gasteiger partial charge in [-0.25, -0.2) is 0 Å². The zero-order valence-electron chi connectivity index (χ0n) is 16.9. The third-order valence-corrected chi connectivity index (χ3v) is 5.47. The van der Waals surface area contributed by atoms with Gasteiger partial charge >= 0.3 is 0 Å². The maximum Gasteiger partial charge on any atom is 0.162 e. The maximum absolute atomic E-state index is 12.1. The number of fused-ring (bicyclic) bond motifs is 1. The number of carbonyl (C=O) groups is 1. The van der Waals surface area contributed by atoms with Gasteiger partial charge in [0.25, 0.3) is 0 Å². The zero-order chi connectivity index (χ0) is 19.6. The van der Waals surface area contributed by atoms with E-state index in [0.717, 1.165) is 54.9 Å². The second-order valence-corrected chi connectivity index (χ2v) is 7.51. The smallest absolute Gasteiger partial charge is 0.162 e. The van der Waals surface area contributed by atoms with Gasteiger partial charge in [-0.2, -0.15) is 0 Å². The molecular formula is C21H31N3O3. The van der Waals surface area contributed by atoms with Crippen LogP contribution in [0.25, 0.3) is 10.9 Å². The number of nitrogens with zero attached hydrogens (tertiary/aromatic N) is 3. The van der Waals surface area contributed by atoms with Crippen molar-refractivity contribution in [2.75, 3.05) is 46.4 Å². The summed E-state index contributed by atoms with van der Waals surface area (Å²) >= 11 is 0. The fourth-order valence-electron chi connectivity index (χ4n) is 3.98. The van der Waals surface area contributed by atoms with Crippen LogP contribution in [0.2, 0.25) is 0 Å². The van der Waals surface area contributed by atoms with Crippen LogP contribution in [0.1, 0.15) is 29.9 Å². The summed E-state index contributed by atoms with van der Waals surface area (Å²) < 4.78 is 8.00. The van der Waals surface area contributed by atoms with Gasteiger partial charge in [-0.3, -0.25) is 9.69 Å². The Kier molecular flexibility index (Phi) is 6.19. The molecule has 1 atom stereocenters. The Balaban J connectivity index is 1.68. The first-order chi connectivity index (χ1) is 12.9. The molecule has 0 bridgehead atoms. The molecule has 148 valence electrons. The fraction of sp³-hybridized carbons (Fsp3) is 0.571. The average molecular weight is 373 g/mol. The Bertz CT molecular complexity index is 807. The number of rotatable bonds is 7. The second-order valence-electron chi connectivity index (χ2n) is 7.51. The summed E-state index contributed by atoms with van der Waals surface area (Å²) in [5.41, 5.74) is 2.80. The minimum Gasteiger partial charge on any atom is -0.491 e. The molecule has 6 nitrogen and oxygen atoms in total. The van der Waals surface area contributed by atoms with E-state index in [1.54, 1.807) is 6.92 Å².